The van der Waals surface area contributed by atoms with Gasteiger partial charge in [-0.1, -0.05) is 19.3 Å². The van der Waals surface area contributed by atoms with Crippen molar-refractivity contribution in [3.8, 4) is 0 Å². The maximum absolute atomic E-state index is 11.1. The molecule has 1 fully saturated rings. The molecule has 9 nitrogen and oxygen atoms in total. The first-order chi connectivity index (χ1) is 9.56. The summed E-state index contributed by atoms with van der Waals surface area (Å²) in [6.45, 7) is 0.217. The monoisotopic (exact) mass is 282 g/mol. The molecule has 0 bridgehead atoms. The van der Waals surface area contributed by atoms with Crippen LogP contribution in [-0.4, -0.2) is 32.1 Å². The van der Waals surface area contributed by atoms with Crippen molar-refractivity contribution >= 4 is 17.3 Å². The number of nitrogens with zero attached hydrogens (tertiary/aromatic N) is 3. The maximum atomic E-state index is 11.1. The van der Waals surface area contributed by atoms with E-state index in [0.717, 1.165) is 19.3 Å². The minimum Gasteiger partial charge on any atom is -0.388 e. The lowest BCUT2D eigenvalue weighted by Gasteiger charge is -2.32. The third kappa shape index (κ3) is 3.11. The van der Waals surface area contributed by atoms with Crippen LogP contribution in [0.25, 0.3) is 0 Å². The molecule has 1 saturated carbocycles. The Morgan fingerprint density at radius 2 is 2.00 bits per heavy atom. The van der Waals surface area contributed by atoms with Crippen molar-refractivity contribution in [2.24, 2.45) is 5.84 Å². The van der Waals surface area contributed by atoms with E-state index in [9.17, 15) is 15.2 Å². The van der Waals surface area contributed by atoms with Crippen molar-refractivity contribution in [3.63, 3.8) is 0 Å². The molecule has 9 heteroatoms. The first-order valence-corrected chi connectivity index (χ1v) is 6.48. The van der Waals surface area contributed by atoms with Crippen LogP contribution in [0.2, 0.25) is 0 Å². The fourth-order valence-corrected chi connectivity index (χ4v) is 2.42. The number of nitrogens with one attached hydrogen (secondary N) is 2. The topological polar surface area (TPSA) is 139 Å². The van der Waals surface area contributed by atoms with Gasteiger partial charge >= 0.3 is 5.69 Å². The van der Waals surface area contributed by atoms with Crippen LogP contribution in [-0.2, 0) is 0 Å². The molecule has 1 aliphatic carbocycles. The Labute approximate surface area is 115 Å². The van der Waals surface area contributed by atoms with E-state index in [1.807, 2.05) is 0 Å². The van der Waals surface area contributed by atoms with Gasteiger partial charge < -0.3 is 15.8 Å². The lowest BCUT2D eigenvalue weighted by atomic mass is 9.85. The van der Waals surface area contributed by atoms with Gasteiger partial charge in [-0.05, 0) is 12.8 Å². The number of nitrogens with two attached hydrogens (primary N) is 1. The van der Waals surface area contributed by atoms with E-state index in [1.54, 1.807) is 0 Å². The zero-order valence-corrected chi connectivity index (χ0v) is 11.0. The summed E-state index contributed by atoms with van der Waals surface area (Å²) in [4.78, 5) is 18.0. The molecule has 1 heterocycles. The van der Waals surface area contributed by atoms with Gasteiger partial charge in [-0.3, -0.25) is 10.1 Å². The van der Waals surface area contributed by atoms with E-state index in [4.69, 9.17) is 5.84 Å². The fourth-order valence-electron chi connectivity index (χ4n) is 2.42. The molecular formula is C11H18N6O3. The van der Waals surface area contributed by atoms with Crippen molar-refractivity contribution in [2.45, 2.75) is 37.7 Å². The molecule has 0 saturated heterocycles. The van der Waals surface area contributed by atoms with Crippen LogP contribution >= 0.6 is 0 Å². The van der Waals surface area contributed by atoms with Crippen LogP contribution in [0, 0.1) is 10.1 Å². The molecule has 5 N–H and O–H groups in total. The van der Waals surface area contributed by atoms with Crippen molar-refractivity contribution in [1.29, 1.82) is 0 Å². The highest BCUT2D eigenvalue weighted by molar-refractivity contribution is 5.68. The van der Waals surface area contributed by atoms with Crippen molar-refractivity contribution in [1.82, 2.24) is 9.97 Å². The average Bonchev–Trinajstić information content (AvgIpc) is 2.45. The minimum absolute atomic E-state index is 0.0527. The summed E-state index contributed by atoms with van der Waals surface area (Å²) < 4.78 is 0. The van der Waals surface area contributed by atoms with Gasteiger partial charge in [-0.2, -0.15) is 0 Å². The smallest absolute Gasteiger partial charge is 0.354 e. The van der Waals surface area contributed by atoms with E-state index < -0.39 is 10.5 Å². The molecule has 0 unspecified atom stereocenters. The number of anilines is 2. The van der Waals surface area contributed by atoms with Crippen LogP contribution < -0.4 is 16.6 Å². The second-order valence-electron chi connectivity index (χ2n) is 4.96. The Kier molecular flexibility index (Phi) is 4.30. The van der Waals surface area contributed by atoms with Gasteiger partial charge in [0.05, 0.1) is 10.5 Å². The summed E-state index contributed by atoms with van der Waals surface area (Å²) in [6, 6.07) is 0. The van der Waals surface area contributed by atoms with Gasteiger partial charge in [0, 0.05) is 6.54 Å². The first kappa shape index (κ1) is 14.4. The molecule has 0 radical (unpaired) electrons. The highest BCUT2D eigenvalue weighted by Crippen LogP contribution is 2.31. The second-order valence-corrected chi connectivity index (χ2v) is 4.96. The van der Waals surface area contributed by atoms with Crippen LogP contribution in [0.3, 0.4) is 0 Å². The number of aromatic nitrogens is 2. The number of hydrazine groups is 1. The van der Waals surface area contributed by atoms with Gasteiger partial charge in [0.1, 0.15) is 6.33 Å². The van der Waals surface area contributed by atoms with Crippen LogP contribution in [0.15, 0.2) is 6.33 Å². The van der Waals surface area contributed by atoms with Crippen LogP contribution in [0.4, 0.5) is 17.3 Å². The maximum Gasteiger partial charge on any atom is 0.354 e. The fraction of sp³-hybridized carbons (Fsp3) is 0.636. The molecule has 0 atom stereocenters. The van der Waals surface area contributed by atoms with E-state index in [0.29, 0.717) is 12.8 Å². The highest BCUT2D eigenvalue weighted by atomic mass is 16.6. The Morgan fingerprint density at radius 3 is 2.60 bits per heavy atom. The van der Waals surface area contributed by atoms with Crippen LogP contribution in [0.1, 0.15) is 32.1 Å². The molecule has 1 aromatic rings. The molecule has 1 aliphatic rings. The quantitative estimate of drug-likeness (QED) is 0.353. The third-order valence-corrected chi connectivity index (χ3v) is 3.51. The van der Waals surface area contributed by atoms with Gasteiger partial charge in [-0.25, -0.2) is 15.8 Å². The summed E-state index contributed by atoms with van der Waals surface area (Å²) in [7, 11) is 0. The zero-order valence-electron chi connectivity index (χ0n) is 11.0. The predicted octanol–water partition coefficient (Wildman–Crippen LogP) is 0.777. The molecule has 0 amide bonds. The predicted molar refractivity (Wildman–Crippen MR) is 73.0 cm³/mol. The van der Waals surface area contributed by atoms with E-state index in [-0.39, 0.29) is 23.9 Å². The number of rotatable bonds is 5. The van der Waals surface area contributed by atoms with Crippen molar-refractivity contribution in [2.75, 3.05) is 17.3 Å². The molecule has 0 spiro atoms. The van der Waals surface area contributed by atoms with Gasteiger partial charge in [-0.15, -0.1) is 0 Å². The SMILES string of the molecule is NNc1ncnc(NCC2(O)CCCCC2)c1[N+](=O)[O-]. The molecule has 2 rings (SSSR count). The third-order valence-electron chi connectivity index (χ3n) is 3.51. The molecule has 0 aromatic carbocycles. The average molecular weight is 282 g/mol. The summed E-state index contributed by atoms with van der Waals surface area (Å²) in [5.74, 6) is 5.19. The molecule has 1 aromatic heterocycles. The molecular weight excluding hydrogens is 264 g/mol. The number of aliphatic hydroxyl groups is 1. The summed E-state index contributed by atoms with van der Waals surface area (Å²) in [6.07, 6.45) is 5.56. The Morgan fingerprint density at radius 1 is 1.35 bits per heavy atom. The summed E-state index contributed by atoms with van der Waals surface area (Å²) >= 11 is 0. The number of nitrogen functional groups attached to an aromatic ring is 1. The summed E-state index contributed by atoms with van der Waals surface area (Å²) in [5.41, 5.74) is 1.00. The second kappa shape index (κ2) is 5.97. The largest absolute Gasteiger partial charge is 0.388 e. The van der Waals surface area contributed by atoms with E-state index >= 15 is 0 Å². The van der Waals surface area contributed by atoms with Crippen molar-refractivity contribution in [3.05, 3.63) is 16.4 Å². The number of nitro groups is 1. The first-order valence-electron chi connectivity index (χ1n) is 6.48. The Bertz CT molecular complexity index is 489. The number of hydrogen-bond acceptors (Lipinski definition) is 8. The molecule has 110 valence electrons. The zero-order chi connectivity index (χ0) is 14.6. The normalized spacial score (nSPS) is 17.5. The lowest BCUT2D eigenvalue weighted by Crippen LogP contribution is -2.39. The lowest BCUT2D eigenvalue weighted by molar-refractivity contribution is -0.383. The van der Waals surface area contributed by atoms with Crippen LogP contribution in [0.5, 0.6) is 0 Å². The van der Waals surface area contributed by atoms with E-state index in [2.05, 4.69) is 20.7 Å². The standard InChI is InChI=1S/C11H18N6O3/c12-16-10-8(17(19)20)9(14-7-15-10)13-6-11(18)4-2-1-3-5-11/h7,18H,1-6,12H2,(H2,13,14,15,16). The summed E-state index contributed by atoms with van der Waals surface area (Å²) in [5, 5.41) is 24.3. The highest BCUT2D eigenvalue weighted by Gasteiger charge is 2.30. The Hall–Kier alpha value is -2.00. The number of hydrogen-bond donors (Lipinski definition) is 4. The van der Waals surface area contributed by atoms with Gasteiger partial charge in [0.15, 0.2) is 0 Å². The van der Waals surface area contributed by atoms with E-state index in [1.165, 1.54) is 6.33 Å². The molecule has 0 aliphatic heterocycles. The minimum atomic E-state index is -0.840. The Balaban J connectivity index is 2.14. The molecule has 20 heavy (non-hydrogen) atoms. The van der Waals surface area contributed by atoms with Crippen molar-refractivity contribution < 1.29 is 10.0 Å². The van der Waals surface area contributed by atoms with Gasteiger partial charge in [0.25, 0.3) is 0 Å². The van der Waals surface area contributed by atoms with Gasteiger partial charge in [0.2, 0.25) is 11.6 Å².